The molecule has 206 valence electrons. The highest BCUT2D eigenvalue weighted by molar-refractivity contribution is 5.88. The predicted molar refractivity (Wildman–Crippen MR) is 146 cm³/mol. The van der Waals surface area contributed by atoms with Crippen LogP contribution in [0.3, 0.4) is 0 Å². The second kappa shape index (κ2) is 14.4. The lowest BCUT2D eigenvalue weighted by Gasteiger charge is -2.31. The first kappa shape index (κ1) is 29.0. The van der Waals surface area contributed by atoms with Crippen LogP contribution in [0.1, 0.15) is 24.5 Å². The van der Waals surface area contributed by atoms with Crippen molar-refractivity contribution in [3.63, 3.8) is 0 Å². The molecule has 0 radical (unpaired) electrons. The Morgan fingerprint density at radius 3 is 2.36 bits per heavy atom. The van der Waals surface area contributed by atoms with Gasteiger partial charge in [-0.2, -0.15) is 0 Å². The molecular weight excluding hydrogens is 502 g/mol. The van der Waals surface area contributed by atoms with E-state index >= 15 is 0 Å². The van der Waals surface area contributed by atoms with Gasteiger partial charge in [0.05, 0.1) is 19.1 Å². The van der Waals surface area contributed by atoms with Gasteiger partial charge in [0.2, 0.25) is 11.7 Å². The number of nitro benzene ring substituents is 1. The van der Waals surface area contributed by atoms with E-state index in [0.717, 1.165) is 17.5 Å². The van der Waals surface area contributed by atoms with E-state index in [1.165, 1.54) is 30.2 Å². The number of ether oxygens (including phenoxy) is 3. The minimum Gasteiger partial charge on any atom is -0.497 e. The highest BCUT2D eigenvalue weighted by atomic mass is 16.6. The normalized spacial score (nSPS) is 11.3. The smallest absolute Gasteiger partial charge is 0.311 e. The zero-order valence-corrected chi connectivity index (χ0v) is 22.3. The van der Waals surface area contributed by atoms with Crippen molar-refractivity contribution < 1.29 is 28.7 Å². The minimum atomic E-state index is -0.812. The quantitative estimate of drug-likeness (QED) is 0.243. The highest BCUT2D eigenvalue weighted by Gasteiger charge is 2.30. The number of rotatable bonds is 14. The van der Waals surface area contributed by atoms with Gasteiger partial charge in [-0.1, -0.05) is 49.4 Å². The third kappa shape index (κ3) is 8.19. The third-order valence-electron chi connectivity index (χ3n) is 6.02. The molecule has 0 saturated heterocycles. The van der Waals surface area contributed by atoms with E-state index in [1.807, 2.05) is 55.5 Å². The lowest BCUT2D eigenvalue weighted by Crippen LogP contribution is -2.51. The molecule has 0 heterocycles. The minimum absolute atomic E-state index is 0.0130. The van der Waals surface area contributed by atoms with Crippen LogP contribution in [0.5, 0.6) is 17.2 Å². The van der Waals surface area contributed by atoms with Crippen LogP contribution in [0.4, 0.5) is 5.69 Å². The van der Waals surface area contributed by atoms with Crippen LogP contribution < -0.4 is 19.5 Å². The van der Waals surface area contributed by atoms with Crippen LogP contribution in [-0.4, -0.2) is 55.1 Å². The summed E-state index contributed by atoms with van der Waals surface area (Å²) in [5.41, 5.74) is 1.46. The maximum Gasteiger partial charge on any atom is 0.311 e. The fraction of sp³-hybridized carbons (Fsp3) is 0.310. The molecule has 2 amide bonds. The largest absolute Gasteiger partial charge is 0.497 e. The molecule has 10 nitrogen and oxygen atoms in total. The molecule has 3 aromatic carbocycles. The zero-order chi connectivity index (χ0) is 28.2. The average molecular weight is 536 g/mol. The fourth-order valence-corrected chi connectivity index (χ4v) is 4.01. The molecule has 1 atom stereocenters. The molecule has 0 spiro atoms. The predicted octanol–water partition coefficient (Wildman–Crippen LogP) is 4.16. The summed E-state index contributed by atoms with van der Waals surface area (Å²) in [6.07, 6.45) is 1.05. The van der Waals surface area contributed by atoms with Crippen molar-refractivity contribution in [2.75, 3.05) is 27.4 Å². The van der Waals surface area contributed by atoms with E-state index in [-0.39, 0.29) is 29.6 Å². The average Bonchev–Trinajstić information content (AvgIpc) is 2.96. The molecule has 0 aliphatic heterocycles. The molecular formula is C29H33N3O7. The van der Waals surface area contributed by atoms with E-state index in [2.05, 4.69) is 5.32 Å². The van der Waals surface area contributed by atoms with Crippen LogP contribution >= 0.6 is 0 Å². The Bertz CT molecular complexity index is 1270. The van der Waals surface area contributed by atoms with E-state index in [4.69, 9.17) is 14.2 Å². The second-order valence-corrected chi connectivity index (χ2v) is 8.75. The molecule has 0 saturated carbocycles. The summed E-state index contributed by atoms with van der Waals surface area (Å²) in [4.78, 5) is 39.2. The first-order valence-electron chi connectivity index (χ1n) is 12.6. The molecule has 0 aromatic heterocycles. The number of nitrogens with zero attached hydrogens (tertiary/aromatic N) is 2. The molecule has 39 heavy (non-hydrogen) atoms. The number of carbonyl (C=O) groups is 2. The number of nitro groups is 1. The summed E-state index contributed by atoms with van der Waals surface area (Å²) in [5.74, 6) is 0.169. The standard InChI is InChI=1S/C29H33N3O7/c1-4-15-30-29(34)26(17-21-9-6-5-7-10-21)31(19-22-11-8-12-23(16-22)37-2)28(33)20-39-24-13-14-25(32(35)36)27(18-24)38-3/h5-14,16,18,26H,4,15,17,19-20H2,1-3H3,(H,30,34)/t26-/m0/s1. The van der Waals surface area contributed by atoms with Crippen molar-refractivity contribution in [1.29, 1.82) is 0 Å². The van der Waals surface area contributed by atoms with Gasteiger partial charge in [-0.05, 0) is 35.7 Å². The van der Waals surface area contributed by atoms with Crippen molar-refractivity contribution in [2.24, 2.45) is 0 Å². The van der Waals surface area contributed by atoms with E-state index in [1.54, 1.807) is 13.2 Å². The number of carbonyl (C=O) groups excluding carboxylic acids is 2. The Kier molecular flexibility index (Phi) is 10.7. The van der Waals surface area contributed by atoms with E-state index in [0.29, 0.717) is 18.7 Å². The number of amides is 2. The lowest BCUT2D eigenvalue weighted by atomic mass is 10.0. The van der Waals surface area contributed by atoms with Gasteiger partial charge < -0.3 is 24.4 Å². The second-order valence-electron chi connectivity index (χ2n) is 8.75. The van der Waals surface area contributed by atoms with E-state index < -0.39 is 23.5 Å². The molecule has 10 heteroatoms. The van der Waals surface area contributed by atoms with Gasteiger partial charge in [0.25, 0.3) is 5.91 Å². The van der Waals surface area contributed by atoms with Crippen molar-refractivity contribution in [2.45, 2.75) is 32.4 Å². The Morgan fingerprint density at radius 2 is 1.69 bits per heavy atom. The first-order chi connectivity index (χ1) is 18.9. The Balaban J connectivity index is 1.91. The summed E-state index contributed by atoms with van der Waals surface area (Å²) < 4.78 is 16.2. The molecule has 0 aliphatic carbocycles. The molecule has 3 rings (SSSR count). The van der Waals surface area contributed by atoms with E-state index in [9.17, 15) is 19.7 Å². The van der Waals surface area contributed by atoms with Gasteiger partial charge in [0.15, 0.2) is 6.61 Å². The Morgan fingerprint density at radius 1 is 0.949 bits per heavy atom. The van der Waals surface area contributed by atoms with Gasteiger partial charge >= 0.3 is 5.69 Å². The Labute approximate surface area is 227 Å². The van der Waals surface area contributed by atoms with Crippen molar-refractivity contribution >= 4 is 17.5 Å². The maximum atomic E-state index is 13.7. The molecule has 1 N–H and O–H groups in total. The van der Waals surface area contributed by atoms with Gasteiger partial charge in [0.1, 0.15) is 17.5 Å². The molecule has 0 unspecified atom stereocenters. The van der Waals surface area contributed by atoms with Crippen molar-refractivity contribution in [3.8, 4) is 17.2 Å². The lowest BCUT2D eigenvalue weighted by molar-refractivity contribution is -0.385. The summed E-state index contributed by atoms with van der Waals surface area (Å²) in [7, 11) is 2.88. The zero-order valence-electron chi connectivity index (χ0n) is 22.3. The summed E-state index contributed by atoms with van der Waals surface area (Å²) in [5, 5.41) is 14.1. The maximum absolute atomic E-state index is 13.7. The molecule has 0 aliphatic rings. The first-order valence-corrected chi connectivity index (χ1v) is 12.6. The van der Waals surface area contributed by atoms with Crippen molar-refractivity contribution in [3.05, 3.63) is 94.0 Å². The summed E-state index contributed by atoms with van der Waals surface area (Å²) >= 11 is 0. The monoisotopic (exact) mass is 535 g/mol. The number of benzene rings is 3. The van der Waals surface area contributed by atoms with Crippen LogP contribution in [0.15, 0.2) is 72.8 Å². The van der Waals surface area contributed by atoms with Gasteiger partial charge in [-0.15, -0.1) is 0 Å². The number of hydrogen-bond donors (Lipinski definition) is 1. The van der Waals surface area contributed by atoms with Crippen LogP contribution in [0.25, 0.3) is 0 Å². The molecule has 0 bridgehead atoms. The fourth-order valence-electron chi connectivity index (χ4n) is 4.01. The summed E-state index contributed by atoms with van der Waals surface area (Å²) in [6, 6.07) is 20.0. The highest BCUT2D eigenvalue weighted by Crippen LogP contribution is 2.31. The number of nitrogens with one attached hydrogen (secondary N) is 1. The van der Waals surface area contributed by atoms with Gasteiger partial charge in [0, 0.05) is 31.6 Å². The number of methoxy groups -OCH3 is 2. The number of hydrogen-bond acceptors (Lipinski definition) is 7. The molecule has 0 fully saturated rings. The topological polar surface area (TPSA) is 120 Å². The third-order valence-corrected chi connectivity index (χ3v) is 6.02. The van der Waals surface area contributed by atoms with Crippen LogP contribution in [0.2, 0.25) is 0 Å². The van der Waals surface area contributed by atoms with Crippen molar-refractivity contribution in [1.82, 2.24) is 10.2 Å². The SMILES string of the molecule is CCCNC(=O)[C@H](Cc1ccccc1)N(Cc1cccc(OC)c1)C(=O)COc1ccc([N+](=O)[O-])c(OC)c1. The molecule has 3 aromatic rings. The van der Waals surface area contributed by atoms with Gasteiger partial charge in [-0.3, -0.25) is 19.7 Å². The Hall–Kier alpha value is -4.60. The van der Waals surface area contributed by atoms with Gasteiger partial charge in [-0.25, -0.2) is 0 Å². The van der Waals surface area contributed by atoms with Crippen LogP contribution in [0, 0.1) is 10.1 Å². The van der Waals surface area contributed by atoms with Crippen LogP contribution in [-0.2, 0) is 22.6 Å². The summed E-state index contributed by atoms with van der Waals surface area (Å²) in [6.45, 7) is 2.18.